The fourth-order valence-corrected chi connectivity index (χ4v) is 4.34. The van der Waals surface area contributed by atoms with E-state index in [9.17, 15) is 9.90 Å². The SMILES string of the molecule is COC(=O)c1cccc(O)c1N(CCN1CCN(c2ccccc2)CC1)Cc1ccccc1. The van der Waals surface area contributed by atoms with Gasteiger partial charge in [0.05, 0.1) is 18.4 Å². The second kappa shape index (κ2) is 10.9. The number of rotatable bonds is 8. The Morgan fingerprint density at radius 2 is 1.58 bits per heavy atom. The third kappa shape index (κ3) is 5.65. The lowest BCUT2D eigenvalue weighted by Gasteiger charge is -2.37. The van der Waals surface area contributed by atoms with Gasteiger partial charge in [0.1, 0.15) is 5.75 Å². The molecular weight excluding hydrogens is 414 g/mol. The topological polar surface area (TPSA) is 56.3 Å². The molecule has 0 amide bonds. The van der Waals surface area contributed by atoms with Crippen molar-refractivity contribution in [3.8, 4) is 5.75 Å². The Hall–Kier alpha value is -3.51. The Morgan fingerprint density at radius 1 is 0.909 bits per heavy atom. The molecule has 0 radical (unpaired) electrons. The molecule has 3 aromatic carbocycles. The van der Waals surface area contributed by atoms with Crippen LogP contribution in [0.4, 0.5) is 11.4 Å². The second-order valence-electron chi connectivity index (χ2n) is 8.24. The van der Waals surface area contributed by atoms with Crippen LogP contribution in [0.1, 0.15) is 15.9 Å². The molecule has 1 N–H and O–H groups in total. The summed E-state index contributed by atoms with van der Waals surface area (Å²) in [5, 5.41) is 10.7. The van der Waals surface area contributed by atoms with Gasteiger partial charge in [-0.1, -0.05) is 54.6 Å². The summed E-state index contributed by atoms with van der Waals surface area (Å²) in [6, 6.07) is 25.6. The van der Waals surface area contributed by atoms with Crippen molar-refractivity contribution in [3.05, 3.63) is 90.0 Å². The Morgan fingerprint density at radius 3 is 2.24 bits per heavy atom. The minimum absolute atomic E-state index is 0.0859. The summed E-state index contributed by atoms with van der Waals surface area (Å²) in [6.07, 6.45) is 0. The molecule has 3 aromatic rings. The highest BCUT2D eigenvalue weighted by atomic mass is 16.5. The van der Waals surface area contributed by atoms with Crippen molar-refractivity contribution < 1.29 is 14.6 Å². The number of anilines is 2. The summed E-state index contributed by atoms with van der Waals surface area (Å²) in [6.45, 7) is 6.01. The van der Waals surface area contributed by atoms with E-state index >= 15 is 0 Å². The average molecular weight is 446 g/mol. The molecule has 6 nitrogen and oxygen atoms in total. The zero-order valence-corrected chi connectivity index (χ0v) is 19.1. The molecule has 1 heterocycles. The molecule has 1 aliphatic heterocycles. The highest BCUT2D eigenvalue weighted by molar-refractivity contribution is 5.97. The fraction of sp³-hybridized carbons (Fsp3) is 0.296. The maximum atomic E-state index is 12.4. The number of carbonyl (C=O) groups is 1. The van der Waals surface area contributed by atoms with E-state index in [1.165, 1.54) is 12.8 Å². The van der Waals surface area contributed by atoms with Gasteiger partial charge in [0, 0.05) is 51.5 Å². The number of carbonyl (C=O) groups excluding carboxylic acids is 1. The number of phenolic OH excluding ortho intramolecular Hbond substituents is 1. The third-order valence-electron chi connectivity index (χ3n) is 6.13. The highest BCUT2D eigenvalue weighted by Crippen LogP contribution is 2.33. The van der Waals surface area contributed by atoms with Gasteiger partial charge >= 0.3 is 5.97 Å². The summed E-state index contributed by atoms with van der Waals surface area (Å²) in [4.78, 5) is 19.4. The van der Waals surface area contributed by atoms with Crippen LogP contribution in [0.25, 0.3) is 0 Å². The molecule has 0 bridgehead atoms. The lowest BCUT2D eigenvalue weighted by Crippen LogP contribution is -2.48. The predicted octanol–water partition coefficient (Wildman–Crippen LogP) is 4.01. The van der Waals surface area contributed by atoms with Crippen molar-refractivity contribution in [1.82, 2.24) is 4.90 Å². The van der Waals surface area contributed by atoms with Gasteiger partial charge in [-0.2, -0.15) is 0 Å². The number of hydrogen-bond acceptors (Lipinski definition) is 6. The number of ether oxygens (including phenoxy) is 1. The van der Waals surface area contributed by atoms with E-state index in [0.717, 1.165) is 38.3 Å². The predicted molar refractivity (Wildman–Crippen MR) is 132 cm³/mol. The summed E-state index contributed by atoms with van der Waals surface area (Å²) in [5.41, 5.74) is 3.28. The van der Waals surface area contributed by atoms with Crippen LogP contribution in [0, 0.1) is 0 Å². The first-order chi connectivity index (χ1) is 16.2. The zero-order chi connectivity index (χ0) is 23.0. The number of nitrogens with zero attached hydrogens (tertiary/aromatic N) is 3. The Bertz CT molecular complexity index is 1030. The minimum atomic E-state index is -0.449. The van der Waals surface area contributed by atoms with Crippen LogP contribution < -0.4 is 9.80 Å². The molecule has 0 aromatic heterocycles. The smallest absolute Gasteiger partial charge is 0.340 e. The average Bonchev–Trinajstić information content (AvgIpc) is 2.87. The van der Waals surface area contributed by atoms with Crippen LogP contribution in [0.3, 0.4) is 0 Å². The first kappa shape index (κ1) is 22.7. The molecule has 4 rings (SSSR count). The van der Waals surface area contributed by atoms with Gasteiger partial charge in [-0.15, -0.1) is 0 Å². The van der Waals surface area contributed by atoms with Gasteiger partial charge in [0.15, 0.2) is 0 Å². The lowest BCUT2D eigenvalue weighted by atomic mass is 10.1. The van der Waals surface area contributed by atoms with E-state index in [1.807, 2.05) is 24.3 Å². The molecule has 6 heteroatoms. The van der Waals surface area contributed by atoms with Crippen molar-refractivity contribution in [3.63, 3.8) is 0 Å². The molecule has 0 atom stereocenters. The molecule has 172 valence electrons. The van der Waals surface area contributed by atoms with Crippen LogP contribution in [0.2, 0.25) is 0 Å². The van der Waals surface area contributed by atoms with Crippen LogP contribution >= 0.6 is 0 Å². The quantitative estimate of drug-likeness (QED) is 0.529. The molecular formula is C27H31N3O3. The summed E-state index contributed by atoms with van der Waals surface area (Å²) < 4.78 is 4.99. The molecule has 33 heavy (non-hydrogen) atoms. The van der Waals surface area contributed by atoms with Crippen LogP contribution in [-0.4, -0.2) is 62.4 Å². The van der Waals surface area contributed by atoms with E-state index in [2.05, 4.69) is 51.1 Å². The van der Waals surface area contributed by atoms with Gasteiger partial charge in [-0.25, -0.2) is 4.79 Å². The van der Waals surface area contributed by atoms with Gasteiger partial charge in [0.25, 0.3) is 0 Å². The Labute approximate surface area is 195 Å². The number of phenols is 1. The first-order valence-electron chi connectivity index (χ1n) is 11.4. The molecule has 0 unspecified atom stereocenters. The minimum Gasteiger partial charge on any atom is -0.506 e. The van der Waals surface area contributed by atoms with Gasteiger partial charge < -0.3 is 19.6 Å². The second-order valence-corrected chi connectivity index (χ2v) is 8.24. The Kier molecular flexibility index (Phi) is 7.47. The monoisotopic (exact) mass is 445 g/mol. The summed E-state index contributed by atoms with van der Waals surface area (Å²) in [7, 11) is 1.36. The lowest BCUT2D eigenvalue weighted by molar-refractivity contribution is 0.0601. The van der Waals surface area contributed by atoms with Crippen molar-refractivity contribution in [2.24, 2.45) is 0 Å². The van der Waals surface area contributed by atoms with E-state index in [1.54, 1.807) is 18.2 Å². The maximum Gasteiger partial charge on any atom is 0.340 e. The number of aromatic hydroxyl groups is 1. The van der Waals surface area contributed by atoms with E-state index in [4.69, 9.17) is 4.74 Å². The molecule has 0 spiro atoms. The number of hydrogen-bond donors (Lipinski definition) is 1. The van der Waals surface area contributed by atoms with E-state index in [-0.39, 0.29) is 5.75 Å². The molecule has 0 aliphatic carbocycles. The number of methoxy groups -OCH3 is 1. The van der Waals surface area contributed by atoms with E-state index in [0.29, 0.717) is 24.3 Å². The summed E-state index contributed by atoms with van der Waals surface area (Å²) >= 11 is 0. The first-order valence-corrected chi connectivity index (χ1v) is 11.4. The van der Waals surface area contributed by atoms with Crippen LogP contribution in [0.15, 0.2) is 78.9 Å². The van der Waals surface area contributed by atoms with Crippen molar-refractivity contribution in [1.29, 1.82) is 0 Å². The zero-order valence-electron chi connectivity index (χ0n) is 19.1. The normalized spacial score (nSPS) is 14.2. The van der Waals surface area contributed by atoms with E-state index < -0.39 is 5.97 Å². The van der Waals surface area contributed by atoms with Gasteiger partial charge in [-0.3, -0.25) is 4.90 Å². The molecule has 1 aliphatic rings. The van der Waals surface area contributed by atoms with Crippen LogP contribution in [0.5, 0.6) is 5.75 Å². The summed E-state index contributed by atoms with van der Waals surface area (Å²) in [5.74, 6) is -0.363. The van der Waals surface area contributed by atoms with Crippen molar-refractivity contribution >= 4 is 17.3 Å². The van der Waals surface area contributed by atoms with Crippen LogP contribution in [-0.2, 0) is 11.3 Å². The molecule has 1 saturated heterocycles. The number of benzene rings is 3. The van der Waals surface area contributed by atoms with Gasteiger partial charge in [0.2, 0.25) is 0 Å². The maximum absolute atomic E-state index is 12.4. The number of esters is 1. The van der Waals surface area contributed by atoms with Crippen molar-refractivity contribution in [2.45, 2.75) is 6.54 Å². The van der Waals surface area contributed by atoms with Crippen molar-refractivity contribution in [2.75, 3.05) is 56.2 Å². The number of para-hydroxylation sites is 2. The molecule has 0 saturated carbocycles. The number of piperazine rings is 1. The van der Waals surface area contributed by atoms with Gasteiger partial charge in [-0.05, 0) is 29.8 Å². The standard InChI is InChI=1S/C27H31N3O3/c1-33-27(32)24-13-8-14-25(31)26(24)30(21-22-9-4-2-5-10-22)20-17-28-15-18-29(19-16-28)23-11-6-3-7-12-23/h2-14,31H,15-21H2,1H3. The Balaban J connectivity index is 1.48. The molecule has 1 fully saturated rings. The largest absolute Gasteiger partial charge is 0.506 e. The third-order valence-corrected chi connectivity index (χ3v) is 6.13. The fourth-order valence-electron chi connectivity index (χ4n) is 4.34. The highest BCUT2D eigenvalue weighted by Gasteiger charge is 2.23.